The second-order valence-corrected chi connectivity index (χ2v) is 8.74. The molecule has 0 saturated heterocycles. The van der Waals surface area contributed by atoms with Gasteiger partial charge in [0.1, 0.15) is 0 Å². The van der Waals surface area contributed by atoms with E-state index < -0.39 is 0 Å². The molecule has 5 rings (SSSR count). The van der Waals surface area contributed by atoms with Crippen LogP contribution in [0.1, 0.15) is 45.1 Å². The first-order valence-corrected chi connectivity index (χ1v) is 10.9. The van der Waals surface area contributed by atoms with E-state index in [-0.39, 0.29) is 5.78 Å². The number of nitrogens with one attached hydrogen (secondary N) is 1. The number of fused-ring (bicyclic) bond motifs is 1. The van der Waals surface area contributed by atoms with Crippen LogP contribution in [0.3, 0.4) is 0 Å². The van der Waals surface area contributed by atoms with Crippen molar-refractivity contribution in [2.24, 2.45) is 0 Å². The first-order valence-electron chi connectivity index (χ1n) is 9.99. The molecule has 4 nitrogen and oxygen atoms in total. The van der Waals surface area contributed by atoms with Crippen molar-refractivity contribution in [1.82, 2.24) is 14.7 Å². The monoisotopic (exact) mass is 401 g/mol. The number of imidazole rings is 1. The van der Waals surface area contributed by atoms with Crippen LogP contribution in [-0.4, -0.2) is 21.2 Å². The molecule has 2 aromatic heterocycles. The Labute approximate surface area is 174 Å². The highest BCUT2D eigenvalue weighted by molar-refractivity contribution is 7.15. The van der Waals surface area contributed by atoms with E-state index >= 15 is 0 Å². The number of hydrogen-bond donors (Lipinski definition) is 1. The van der Waals surface area contributed by atoms with Gasteiger partial charge in [0.05, 0.1) is 5.69 Å². The molecule has 2 heterocycles. The van der Waals surface area contributed by atoms with Gasteiger partial charge >= 0.3 is 0 Å². The van der Waals surface area contributed by atoms with Crippen LogP contribution in [0.5, 0.6) is 0 Å². The van der Waals surface area contributed by atoms with E-state index in [9.17, 15) is 4.79 Å². The Kier molecular flexibility index (Phi) is 4.78. The molecule has 0 bridgehead atoms. The van der Waals surface area contributed by atoms with Crippen LogP contribution in [-0.2, 0) is 13.0 Å². The van der Waals surface area contributed by atoms with E-state index in [2.05, 4.69) is 50.5 Å². The highest BCUT2D eigenvalue weighted by Gasteiger charge is 2.37. The average Bonchev–Trinajstić information content (AvgIpc) is 3.19. The summed E-state index contributed by atoms with van der Waals surface area (Å²) in [5.41, 5.74) is 5.42. The molecule has 1 aliphatic carbocycles. The molecular formula is C24H23N3OS. The molecule has 1 aliphatic rings. The smallest absolute Gasteiger partial charge is 0.193 e. The predicted molar refractivity (Wildman–Crippen MR) is 117 cm³/mol. The normalized spacial score (nSPS) is 18.2. The van der Waals surface area contributed by atoms with Crippen LogP contribution in [0.15, 0.2) is 66.3 Å². The number of nitrogens with zero attached hydrogens (tertiary/aromatic N) is 2. The average molecular weight is 402 g/mol. The third kappa shape index (κ3) is 4.02. The molecule has 1 fully saturated rings. The number of hydrogen-bond acceptors (Lipinski definition) is 4. The summed E-state index contributed by atoms with van der Waals surface area (Å²) in [5.74, 6) is 0.729. The maximum Gasteiger partial charge on any atom is 0.193 e. The van der Waals surface area contributed by atoms with E-state index in [0.29, 0.717) is 18.4 Å². The number of ketones is 1. The molecule has 1 N–H and O–H groups in total. The number of aryl methyl sites for hydroxylation is 1. The Balaban J connectivity index is 1.15. The SMILES string of the molecule is Cc1cccc(C(=O)Cc2ccc(C3CC3NCc3cn4ccsc4n3)cc2)c1. The molecular weight excluding hydrogens is 378 g/mol. The first-order chi connectivity index (χ1) is 14.2. The van der Waals surface area contributed by atoms with Crippen LogP contribution in [0.2, 0.25) is 0 Å². The third-order valence-electron chi connectivity index (χ3n) is 5.59. The van der Waals surface area contributed by atoms with Crippen molar-refractivity contribution in [3.63, 3.8) is 0 Å². The zero-order valence-electron chi connectivity index (χ0n) is 16.3. The van der Waals surface area contributed by atoms with Gasteiger partial charge in [0, 0.05) is 48.3 Å². The second kappa shape index (κ2) is 7.58. The van der Waals surface area contributed by atoms with Gasteiger partial charge in [0.2, 0.25) is 0 Å². The number of rotatable bonds is 7. The summed E-state index contributed by atoms with van der Waals surface area (Å²) < 4.78 is 2.07. The molecule has 0 radical (unpaired) electrons. The summed E-state index contributed by atoms with van der Waals surface area (Å²) in [6.07, 6.45) is 5.75. The standard InChI is InChI=1S/C24H23N3OS/c1-16-3-2-4-19(11-16)23(28)12-17-5-7-18(8-6-17)21-13-22(21)25-14-20-15-27-9-10-29-24(27)26-20/h2-11,15,21-22,25H,12-14H2,1H3. The van der Waals surface area contributed by atoms with Gasteiger partial charge in [-0.25, -0.2) is 4.98 Å². The molecule has 0 aliphatic heterocycles. The van der Waals surface area contributed by atoms with Gasteiger partial charge in [-0.2, -0.15) is 0 Å². The van der Waals surface area contributed by atoms with Gasteiger partial charge in [-0.1, -0.05) is 48.0 Å². The molecule has 0 amide bonds. The van der Waals surface area contributed by atoms with Crippen LogP contribution >= 0.6 is 11.3 Å². The Morgan fingerprint density at radius 3 is 2.90 bits per heavy atom. The lowest BCUT2D eigenvalue weighted by molar-refractivity contribution is 0.0993. The van der Waals surface area contributed by atoms with E-state index in [1.165, 1.54) is 5.56 Å². The zero-order valence-corrected chi connectivity index (χ0v) is 17.2. The fourth-order valence-corrected chi connectivity index (χ4v) is 4.59. The largest absolute Gasteiger partial charge is 0.308 e. The van der Waals surface area contributed by atoms with E-state index in [0.717, 1.165) is 40.3 Å². The van der Waals surface area contributed by atoms with Crippen LogP contribution < -0.4 is 5.32 Å². The highest BCUT2D eigenvalue weighted by atomic mass is 32.1. The van der Waals surface area contributed by atoms with Crippen molar-refractivity contribution in [2.75, 3.05) is 0 Å². The van der Waals surface area contributed by atoms with E-state index in [1.54, 1.807) is 11.3 Å². The van der Waals surface area contributed by atoms with Crippen molar-refractivity contribution in [3.05, 3.63) is 94.3 Å². The number of carbonyl (C=O) groups excluding carboxylic acids is 1. The molecule has 2 atom stereocenters. The first kappa shape index (κ1) is 18.3. The van der Waals surface area contributed by atoms with Gasteiger partial charge in [-0.15, -0.1) is 11.3 Å². The van der Waals surface area contributed by atoms with Gasteiger partial charge in [0.15, 0.2) is 10.7 Å². The summed E-state index contributed by atoms with van der Waals surface area (Å²) in [7, 11) is 0. The summed E-state index contributed by atoms with van der Waals surface area (Å²) in [6, 6.07) is 16.9. The molecule has 5 heteroatoms. The van der Waals surface area contributed by atoms with Crippen LogP contribution in [0.4, 0.5) is 0 Å². The Bertz CT molecular complexity index is 1130. The lowest BCUT2D eigenvalue weighted by Gasteiger charge is -2.06. The van der Waals surface area contributed by atoms with Crippen LogP contribution in [0.25, 0.3) is 4.96 Å². The maximum absolute atomic E-state index is 12.5. The van der Waals surface area contributed by atoms with Crippen molar-refractivity contribution >= 4 is 22.1 Å². The fourth-order valence-electron chi connectivity index (χ4n) is 3.87. The quantitative estimate of drug-likeness (QED) is 0.454. The minimum atomic E-state index is 0.174. The predicted octanol–water partition coefficient (Wildman–Crippen LogP) is 4.78. The topological polar surface area (TPSA) is 46.4 Å². The maximum atomic E-state index is 12.5. The van der Waals surface area contributed by atoms with Gasteiger partial charge in [-0.05, 0) is 30.5 Å². The van der Waals surface area contributed by atoms with Gasteiger partial charge in [-0.3, -0.25) is 9.20 Å². The molecule has 29 heavy (non-hydrogen) atoms. The molecule has 2 unspecified atom stereocenters. The third-order valence-corrected chi connectivity index (χ3v) is 6.36. The van der Waals surface area contributed by atoms with Gasteiger partial charge < -0.3 is 5.32 Å². The molecule has 4 aromatic rings. The lowest BCUT2D eigenvalue weighted by atomic mass is 10.00. The Hall–Kier alpha value is -2.76. The zero-order chi connectivity index (χ0) is 19.8. The number of thiazole rings is 1. The van der Waals surface area contributed by atoms with Crippen molar-refractivity contribution < 1.29 is 4.79 Å². The molecule has 0 spiro atoms. The summed E-state index contributed by atoms with van der Waals surface area (Å²) in [4.78, 5) is 18.2. The number of Topliss-reactive ketones (excluding diaryl/α,β-unsaturated/α-hetero) is 1. The minimum absolute atomic E-state index is 0.174. The van der Waals surface area contributed by atoms with Crippen molar-refractivity contribution in [3.8, 4) is 0 Å². The Morgan fingerprint density at radius 1 is 1.24 bits per heavy atom. The molecule has 2 aromatic carbocycles. The number of carbonyl (C=O) groups is 1. The van der Waals surface area contributed by atoms with E-state index in [1.807, 2.05) is 37.4 Å². The van der Waals surface area contributed by atoms with Crippen molar-refractivity contribution in [1.29, 1.82) is 0 Å². The summed E-state index contributed by atoms with van der Waals surface area (Å²) in [6.45, 7) is 2.82. The second-order valence-electron chi connectivity index (χ2n) is 7.87. The number of aromatic nitrogens is 2. The lowest BCUT2D eigenvalue weighted by Crippen LogP contribution is -2.17. The van der Waals surface area contributed by atoms with E-state index in [4.69, 9.17) is 0 Å². The molecule has 1 saturated carbocycles. The highest BCUT2D eigenvalue weighted by Crippen LogP contribution is 2.41. The van der Waals surface area contributed by atoms with Gasteiger partial charge in [0.25, 0.3) is 0 Å². The summed E-state index contributed by atoms with van der Waals surface area (Å²) in [5, 5.41) is 5.67. The fraction of sp³-hybridized carbons (Fsp3) is 0.250. The van der Waals surface area contributed by atoms with Crippen LogP contribution in [0, 0.1) is 6.92 Å². The van der Waals surface area contributed by atoms with Crippen molar-refractivity contribution in [2.45, 2.75) is 38.3 Å². The summed E-state index contributed by atoms with van der Waals surface area (Å²) >= 11 is 1.66. The Morgan fingerprint density at radius 2 is 2.10 bits per heavy atom. The number of benzene rings is 2. The minimum Gasteiger partial charge on any atom is -0.308 e. The molecule has 146 valence electrons.